The van der Waals surface area contributed by atoms with Gasteiger partial charge in [-0.1, -0.05) is 26.7 Å². The van der Waals surface area contributed by atoms with Gasteiger partial charge in [-0.2, -0.15) is 5.10 Å². The molecule has 1 aromatic heterocycles. The average molecular weight is 262 g/mol. The zero-order chi connectivity index (χ0) is 13.9. The summed E-state index contributed by atoms with van der Waals surface area (Å²) in [6.07, 6.45) is 10.1. The molecule has 0 spiro atoms. The summed E-state index contributed by atoms with van der Waals surface area (Å²) in [5, 5.41) is 4.26. The van der Waals surface area contributed by atoms with Crippen LogP contribution < -0.4 is 0 Å². The lowest BCUT2D eigenvalue weighted by atomic mass is 9.73. The number of nitrogens with zero attached hydrogens (tertiary/aromatic N) is 2. The zero-order valence-corrected chi connectivity index (χ0v) is 12.5. The number of hydrogen-bond donors (Lipinski definition) is 0. The third kappa shape index (κ3) is 3.26. The largest absolute Gasteiger partial charge is 0.299 e. The van der Waals surface area contributed by atoms with Crippen LogP contribution in [0.4, 0.5) is 0 Å². The van der Waals surface area contributed by atoms with E-state index in [1.165, 1.54) is 12.8 Å². The van der Waals surface area contributed by atoms with Crippen LogP contribution in [0.5, 0.6) is 0 Å². The molecule has 0 unspecified atom stereocenters. The maximum absolute atomic E-state index is 12.7. The third-order valence-corrected chi connectivity index (χ3v) is 4.33. The van der Waals surface area contributed by atoms with Crippen LogP contribution in [0.3, 0.4) is 0 Å². The standard InChI is InChI=1S/C16H26N2O/c1-4-18-12-14(11-17-18)9-15(19)16(10-13(2)3)7-5-6-8-16/h11-13H,4-10H2,1-3H3. The molecule has 19 heavy (non-hydrogen) atoms. The molecule has 1 saturated carbocycles. The van der Waals surface area contributed by atoms with Crippen molar-refractivity contribution in [2.75, 3.05) is 0 Å². The Bertz CT molecular complexity index is 428. The van der Waals surface area contributed by atoms with Crippen molar-refractivity contribution in [1.29, 1.82) is 0 Å². The van der Waals surface area contributed by atoms with E-state index in [-0.39, 0.29) is 5.41 Å². The molecule has 3 nitrogen and oxygen atoms in total. The van der Waals surface area contributed by atoms with E-state index in [0.29, 0.717) is 18.1 Å². The Labute approximate surface area is 116 Å². The second kappa shape index (κ2) is 5.89. The fourth-order valence-electron chi connectivity index (χ4n) is 3.47. The lowest BCUT2D eigenvalue weighted by Gasteiger charge is -2.29. The number of ketones is 1. The van der Waals surface area contributed by atoms with E-state index < -0.39 is 0 Å². The highest BCUT2D eigenvalue weighted by Gasteiger charge is 2.40. The van der Waals surface area contributed by atoms with Crippen molar-refractivity contribution in [2.45, 2.75) is 65.8 Å². The van der Waals surface area contributed by atoms with Crippen LogP contribution in [-0.4, -0.2) is 15.6 Å². The second-order valence-electron chi connectivity index (χ2n) is 6.39. The highest BCUT2D eigenvalue weighted by molar-refractivity contribution is 5.87. The topological polar surface area (TPSA) is 34.9 Å². The summed E-state index contributed by atoms with van der Waals surface area (Å²) >= 11 is 0. The molecule has 0 aliphatic heterocycles. The molecule has 0 amide bonds. The van der Waals surface area contributed by atoms with Gasteiger partial charge in [0, 0.05) is 24.6 Å². The van der Waals surface area contributed by atoms with E-state index in [9.17, 15) is 4.79 Å². The molecule has 0 N–H and O–H groups in total. The van der Waals surface area contributed by atoms with Crippen molar-refractivity contribution in [3.05, 3.63) is 18.0 Å². The Hall–Kier alpha value is -1.12. The normalized spacial score (nSPS) is 18.1. The minimum absolute atomic E-state index is 0.0392. The third-order valence-electron chi connectivity index (χ3n) is 4.33. The molecule has 0 atom stereocenters. The number of carbonyl (C=O) groups is 1. The average Bonchev–Trinajstić information content (AvgIpc) is 2.98. The molecule has 0 radical (unpaired) electrons. The van der Waals surface area contributed by atoms with Gasteiger partial charge in [0.1, 0.15) is 5.78 Å². The molecule has 0 bridgehead atoms. The first-order chi connectivity index (χ1) is 9.05. The first kappa shape index (κ1) is 14.3. The van der Waals surface area contributed by atoms with Gasteiger partial charge in [-0.3, -0.25) is 9.48 Å². The number of rotatable bonds is 6. The monoisotopic (exact) mass is 262 g/mol. The van der Waals surface area contributed by atoms with Gasteiger partial charge in [-0.15, -0.1) is 0 Å². The van der Waals surface area contributed by atoms with Crippen molar-refractivity contribution in [3.8, 4) is 0 Å². The minimum Gasteiger partial charge on any atom is -0.299 e. The molecule has 3 heteroatoms. The lowest BCUT2D eigenvalue weighted by Crippen LogP contribution is -2.31. The van der Waals surface area contributed by atoms with Crippen LogP contribution in [0.2, 0.25) is 0 Å². The fourth-order valence-corrected chi connectivity index (χ4v) is 3.47. The molecule has 1 aromatic rings. The first-order valence-electron chi connectivity index (χ1n) is 7.60. The van der Waals surface area contributed by atoms with Crippen molar-refractivity contribution in [1.82, 2.24) is 9.78 Å². The van der Waals surface area contributed by atoms with Crippen LogP contribution in [-0.2, 0) is 17.8 Å². The zero-order valence-electron chi connectivity index (χ0n) is 12.5. The van der Waals surface area contributed by atoms with Crippen molar-refractivity contribution < 1.29 is 4.79 Å². The SMILES string of the molecule is CCn1cc(CC(=O)C2(CC(C)C)CCCC2)cn1. The lowest BCUT2D eigenvalue weighted by molar-refractivity contribution is -0.128. The summed E-state index contributed by atoms with van der Waals surface area (Å²) in [5.74, 6) is 1.04. The number of aryl methyl sites for hydroxylation is 1. The van der Waals surface area contributed by atoms with Crippen LogP contribution in [0, 0.1) is 11.3 Å². The van der Waals surface area contributed by atoms with Crippen LogP contribution in [0.25, 0.3) is 0 Å². The van der Waals surface area contributed by atoms with Crippen LogP contribution in [0.1, 0.15) is 58.4 Å². The van der Waals surface area contributed by atoms with Crippen molar-refractivity contribution in [2.24, 2.45) is 11.3 Å². The predicted octanol–water partition coefficient (Wildman–Crippen LogP) is 3.62. The smallest absolute Gasteiger partial charge is 0.143 e. The summed E-state index contributed by atoms with van der Waals surface area (Å²) in [4.78, 5) is 12.7. The minimum atomic E-state index is -0.0392. The number of hydrogen-bond acceptors (Lipinski definition) is 2. The van der Waals surface area contributed by atoms with Crippen LogP contribution in [0.15, 0.2) is 12.4 Å². The number of carbonyl (C=O) groups excluding carboxylic acids is 1. The molecule has 1 aliphatic rings. The summed E-state index contributed by atoms with van der Waals surface area (Å²) in [5.41, 5.74) is 1.03. The van der Waals surface area contributed by atoms with Gasteiger partial charge in [0.15, 0.2) is 0 Å². The molecule has 0 aromatic carbocycles. The Balaban J connectivity index is 2.07. The van der Waals surface area contributed by atoms with Gasteiger partial charge in [0.25, 0.3) is 0 Å². The molecule has 106 valence electrons. The molecule has 0 saturated heterocycles. The molecular formula is C16H26N2O. The summed E-state index contributed by atoms with van der Waals surface area (Å²) < 4.78 is 1.90. The van der Waals surface area contributed by atoms with E-state index >= 15 is 0 Å². The fraction of sp³-hybridized carbons (Fsp3) is 0.750. The maximum Gasteiger partial charge on any atom is 0.143 e. The Kier molecular flexibility index (Phi) is 4.43. The summed E-state index contributed by atoms with van der Waals surface area (Å²) in [6.45, 7) is 7.38. The maximum atomic E-state index is 12.7. The van der Waals surface area contributed by atoms with E-state index in [1.54, 1.807) is 0 Å². The van der Waals surface area contributed by atoms with Crippen LogP contribution >= 0.6 is 0 Å². The molecule has 1 aliphatic carbocycles. The van der Waals surface area contributed by atoms with Gasteiger partial charge in [-0.05, 0) is 37.7 Å². The second-order valence-corrected chi connectivity index (χ2v) is 6.39. The number of Topliss-reactive ketones (excluding diaryl/α,β-unsaturated/α-hetero) is 1. The van der Waals surface area contributed by atoms with E-state index in [2.05, 4.69) is 25.9 Å². The van der Waals surface area contributed by atoms with Gasteiger partial charge < -0.3 is 0 Å². The van der Waals surface area contributed by atoms with E-state index in [4.69, 9.17) is 0 Å². The van der Waals surface area contributed by atoms with E-state index in [0.717, 1.165) is 31.4 Å². The first-order valence-corrected chi connectivity index (χ1v) is 7.60. The van der Waals surface area contributed by atoms with Gasteiger partial charge in [0.05, 0.1) is 6.20 Å². The molecule has 2 rings (SSSR count). The van der Waals surface area contributed by atoms with Gasteiger partial charge in [-0.25, -0.2) is 0 Å². The van der Waals surface area contributed by atoms with E-state index in [1.807, 2.05) is 17.1 Å². The number of aromatic nitrogens is 2. The predicted molar refractivity (Wildman–Crippen MR) is 77.0 cm³/mol. The Morgan fingerprint density at radius 3 is 2.63 bits per heavy atom. The Morgan fingerprint density at radius 1 is 1.42 bits per heavy atom. The Morgan fingerprint density at radius 2 is 2.11 bits per heavy atom. The van der Waals surface area contributed by atoms with Crippen molar-refractivity contribution in [3.63, 3.8) is 0 Å². The molecule has 1 heterocycles. The quantitative estimate of drug-likeness (QED) is 0.784. The summed E-state index contributed by atoms with van der Waals surface area (Å²) in [7, 11) is 0. The molecular weight excluding hydrogens is 236 g/mol. The van der Waals surface area contributed by atoms with Gasteiger partial charge >= 0.3 is 0 Å². The highest BCUT2D eigenvalue weighted by Crippen LogP contribution is 2.44. The highest BCUT2D eigenvalue weighted by atomic mass is 16.1. The van der Waals surface area contributed by atoms with Gasteiger partial charge in [0.2, 0.25) is 0 Å². The molecule has 1 fully saturated rings. The van der Waals surface area contributed by atoms with Crippen molar-refractivity contribution >= 4 is 5.78 Å². The summed E-state index contributed by atoms with van der Waals surface area (Å²) in [6, 6.07) is 0.